The Morgan fingerprint density at radius 1 is 1.00 bits per heavy atom. The lowest BCUT2D eigenvalue weighted by Gasteiger charge is -2.10. The van der Waals surface area contributed by atoms with Crippen molar-refractivity contribution < 1.29 is 9.47 Å². The molecule has 4 nitrogen and oxygen atoms in total. The SMILES string of the molecule is CCc1cc(CCc2ccc(OC)cc2OC)nnc1Cl. The smallest absolute Gasteiger partial charge is 0.154 e. The van der Waals surface area contributed by atoms with Crippen molar-refractivity contribution in [3.05, 3.63) is 46.2 Å². The van der Waals surface area contributed by atoms with E-state index in [-0.39, 0.29) is 0 Å². The van der Waals surface area contributed by atoms with E-state index in [1.54, 1.807) is 14.2 Å². The van der Waals surface area contributed by atoms with Crippen molar-refractivity contribution in [2.24, 2.45) is 0 Å². The quantitative estimate of drug-likeness (QED) is 0.819. The second-order valence-electron chi connectivity index (χ2n) is 4.68. The van der Waals surface area contributed by atoms with Crippen molar-refractivity contribution in [2.45, 2.75) is 26.2 Å². The number of ether oxygens (including phenoxy) is 2. The van der Waals surface area contributed by atoms with E-state index >= 15 is 0 Å². The van der Waals surface area contributed by atoms with Crippen LogP contribution in [0.1, 0.15) is 23.7 Å². The molecule has 0 N–H and O–H groups in total. The Morgan fingerprint density at radius 2 is 1.81 bits per heavy atom. The van der Waals surface area contributed by atoms with Gasteiger partial charge in [-0.25, -0.2) is 0 Å². The van der Waals surface area contributed by atoms with Gasteiger partial charge in [0, 0.05) is 6.07 Å². The van der Waals surface area contributed by atoms with Crippen molar-refractivity contribution in [1.82, 2.24) is 10.2 Å². The molecule has 2 rings (SSSR count). The summed E-state index contributed by atoms with van der Waals surface area (Å²) in [4.78, 5) is 0. The van der Waals surface area contributed by atoms with Crippen LogP contribution in [0, 0.1) is 0 Å². The highest BCUT2D eigenvalue weighted by Crippen LogP contribution is 2.25. The molecule has 0 aliphatic rings. The molecule has 0 aliphatic carbocycles. The van der Waals surface area contributed by atoms with Crippen molar-refractivity contribution in [3.8, 4) is 11.5 Å². The van der Waals surface area contributed by atoms with Gasteiger partial charge in [-0.1, -0.05) is 24.6 Å². The van der Waals surface area contributed by atoms with Gasteiger partial charge in [0.05, 0.1) is 19.9 Å². The van der Waals surface area contributed by atoms with Gasteiger partial charge in [-0.3, -0.25) is 0 Å². The second kappa shape index (κ2) is 7.27. The van der Waals surface area contributed by atoms with E-state index in [9.17, 15) is 0 Å². The van der Waals surface area contributed by atoms with Crippen LogP contribution in [0.15, 0.2) is 24.3 Å². The monoisotopic (exact) mass is 306 g/mol. The molecule has 5 heteroatoms. The summed E-state index contributed by atoms with van der Waals surface area (Å²) in [5.74, 6) is 1.61. The fourth-order valence-electron chi connectivity index (χ4n) is 2.15. The zero-order valence-corrected chi connectivity index (χ0v) is 13.3. The third kappa shape index (κ3) is 3.85. The molecule has 0 amide bonds. The highest BCUT2D eigenvalue weighted by molar-refractivity contribution is 6.30. The van der Waals surface area contributed by atoms with Gasteiger partial charge in [-0.15, -0.1) is 5.10 Å². The molecule has 0 saturated carbocycles. The highest BCUT2D eigenvalue weighted by Gasteiger charge is 2.08. The van der Waals surface area contributed by atoms with Crippen molar-refractivity contribution in [1.29, 1.82) is 0 Å². The lowest BCUT2D eigenvalue weighted by molar-refractivity contribution is 0.391. The van der Waals surface area contributed by atoms with E-state index < -0.39 is 0 Å². The van der Waals surface area contributed by atoms with Crippen molar-refractivity contribution in [2.75, 3.05) is 14.2 Å². The van der Waals surface area contributed by atoms with Crippen LogP contribution < -0.4 is 9.47 Å². The zero-order chi connectivity index (χ0) is 15.2. The van der Waals surface area contributed by atoms with Gasteiger partial charge in [0.2, 0.25) is 0 Å². The lowest BCUT2D eigenvalue weighted by atomic mass is 10.1. The minimum Gasteiger partial charge on any atom is -0.497 e. The highest BCUT2D eigenvalue weighted by atomic mass is 35.5. The predicted octanol–water partition coefficient (Wildman–Crippen LogP) is 3.49. The Morgan fingerprint density at radius 3 is 2.48 bits per heavy atom. The van der Waals surface area contributed by atoms with Gasteiger partial charge < -0.3 is 9.47 Å². The first-order valence-electron chi connectivity index (χ1n) is 6.89. The van der Waals surface area contributed by atoms with Crippen LogP contribution in [-0.4, -0.2) is 24.4 Å². The third-order valence-electron chi connectivity index (χ3n) is 3.40. The van der Waals surface area contributed by atoms with Crippen molar-refractivity contribution >= 4 is 11.6 Å². The lowest BCUT2D eigenvalue weighted by Crippen LogP contribution is -2.01. The maximum atomic E-state index is 5.99. The van der Waals surface area contributed by atoms with E-state index in [1.807, 2.05) is 24.3 Å². The number of nitrogens with zero attached hydrogens (tertiary/aromatic N) is 2. The molecule has 0 bridgehead atoms. The summed E-state index contributed by atoms with van der Waals surface area (Å²) < 4.78 is 10.6. The molecule has 1 aromatic carbocycles. The maximum Gasteiger partial charge on any atom is 0.154 e. The number of halogens is 1. The standard InChI is InChI=1S/C16H19ClN2O2/c1-4-11-9-13(18-19-16(11)17)7-5-12-6-8-14(20-2)10-15(12)21-3/h6,8-10H,4-5,7H2,1-3H3. The number of rotatable bonds is 6. The van der Waals surface area contributed by atoms with E-state index in [2.05, 4.69) is 17.1 Å². The van der Waals surface area contributed by atoms with Crippen LogP contribution in [-0.2, 0) is 19.3 Å². The Balaban J connectivity index is 2.12. The van der Waals surface area contributed by atoms with Crippen LogP contribution in [0.25, 0.3) is 0 Å². The van der Waals surface area contributed by atoms with Gasteiger partial charge in [0.25, 0.3) is 0 Å². The topological polar surface area (TPSA) is 44.2 Å². The van der Waals surface area contributed by atoms with Crippen LogP contribution in [0.4, 0.5) is 0 Å². The second-order valence-corrected chi connectivity index (χ2v) is 5.04. The summed E-state index contributed by atoms with van der Waals surface area (Å²) in [5, 5.41) is 8.63. The molecule has 1 aromatic heterocycles. The fourth-order valence-corrected chi connectivity index (χ4v) is 2.38. The summed E-state index contributed by atoms with van der Waals surface area (Å²) in [6, 6.07) is 7.86. The van der Waals surface area contributed by atoms with Crippen LogP contribution in [0.3, 0.4) is 0 Å². The van der Waals surface area contributed by atoms with Gasteiger partial charge in [-0.05, 0) is 42.5 Å². The van der Waals surface area contributed by atoms with Gasteiger partial charge in [0.15, 0.2) is 5.15 Å². The largest absolute Gasteiger partial charge is 0.497 e. The summed E-state index contributed by atoms with van der Waals surface area (Å²) in [6.07, 6.45) is 2.47. The van der Waals surface area contributed by atoms with Crippen LogP contribution in [0.2, 0.25) is 5.15 Å². The maximum absolute atomic E-state index is 5.99. The molecule has 2 aromatic rings. The summed E-state index contributed by atoms with van der Waals surface area (Å²) in [5.41, 5.74) is 3.09. The molecule has 0 saturated heterocycles. The minimum atomic E-state index is 0.489. The molecule has 0 spiro atoms. The Kier molecular flexibility index (Phi) is 5.39. The van der Waals surface area contributed by atoms with Gasteiger partial charge in [-0.2, -0.15) is 5.10 Å². The van der Waals surface area contributed by atoms with E-state index in [4.69, 9.17) is 21.1 Å². The molecule has 0 atom stereocenters. The Labute approximate surface area is 130 Å². The van der Waals surface area contributed by atoms with E-state index in [1.165, 1.54) is 0 Å². The molecular weight excluding hydrogens is 288 g/mol. The first kappa shape index (κ1) is 15.6. The Bertz CT molecular complexity index is 617. The first-order valence-corrected chi connectivity index (χ1v) is 7.27. The van der Waals surface area contributed by atoms with Crippen LogP contribution >= 0.6 is 11.6 Å². The number of hydrogen-bond donors (Lipinski definition) is 0. The third-order valence-corrected chi connectivity index (χ3v) is 3.72. The minimum absolute atomic E-state index is 0.489. The molecular formula is C16H19ClN2O2. The molecule has 1 heterocycles. The number of aryl methyl sites for hydroxylation is 3. The molecule has 0 fully saturated rings. The van der Waals surface area contributed by atoms with Crippen molar-refractivity contribution in [3.63, 3.8) is 0 Å². The van der Waals surface area contributed by atoms with Gasteiger partial charge in [0.1, 0.15) is 11.5 Å². The molecule has 0 radical (unpaired) electrons. The zero-order valence-electron chi connectivity index (χ0n) is 12.5. The fraction of sp³-hybridized carbons (Fsp3) is 0.375. The Hall–Kier alpha value is -1.81. The summed E-state index contributed by atoms with van der Waals surface area (Å²) in [6.45, 7) is 2.05. The summed E-state index contributed by atoms with van der Waals surface area (Å²) in [7, 11) is 3.31. The first-order chi connectivity index (χ1) is 10.2. The number of methoxy groups -OCH3 is 2. The van der Waals surface area contributed by atoms with E-state index in [0.29, 0.717) is 5.15 Å². The van der Waals surface area contributed by atoms with E-state index in [0.717, 1.165) is 47.6 Å². The molecule has 112 valence electrons. The molecule has 21 heavy (non-hydrogen) atoms. The molecule has 0 unspecified atom stereocenters. The summed E-state index contributed by atoms with van der Waals surface area (Å²) >= 11 is 5.99. The van der Waals surface area contributed by atoms with Crippen LogP contribution in [0.5, 0.6) is 11.5 Å². The predicted molar refractivity (Wildman–Crippen MR) is 83.4 cm³/mol. The normalized spacial score (nSPS) is 10.5. The average Bonchev–Trinajstić information content (AvgIpc) is 2.53. The number of hydrogen-bond acceptors (Lipinski definition) is 4. The average molecular weight is 307 g/mol. The molecule has 0 aliphatic heterocycles. The number of aromatic nitrogens is 2. The van der Waals surface area contributed by atoms with Gasteiger partial charge >= 0.3 is 0 Å². The number of benzene rings is 1.